The zero-order valence-corrected chi connectivity index (χ0v) is 10.4. The van der Waals surface area contributed by atoms with Crippen molar-refractivity contribution in [2.75, 3.05) is 6.54 Å². The Morgan fingerprint density at radius 2 is 1.89 bits per heavy atom. The molecule has 19 heavy (non-hydrogen) atoms. The summed E-state index contributed by atoms with van der Waals surface area (Å²) in [6.07, 6.45) is -4.85. The Kier molecular flexibility index (Phi) is 5.82. The summed E-state index contributed by atoms with van der Waals surface area (Å²) in [7, 11) is 0. The van der Waals surface area contributed by atoms with E-state index in [0.29, 0.717) is 6.42 Å². The van der Waals surface area contributed by atoms with Crippen LogP contribution in [0.3, 0.4) is 0 Å². The molecule has 0 spiro atoms. The molecule has 0 saturated carbocycles. The average Bonchev–Trinajstić information content (AvgIpc) is 2.34. The van der Waals surface area contributed by atoms with E-state index in [-0.39, 0.29) is 13.0 Å². The lowest BCUT2D eigenvalue weighted by atomic mass is 10.1. The summed E-state index contributed by atoms with van der Waals surface area (Å²) in [6, 6.07) is 8.47. The predicted molar refractivity (Wildman–Crippen MR) is 66.4 cm³/mol. The molecule has 0 aliphatic heterocycles. The molecule has 3 N–H and O–H groups in total. The molecule has 0 bridgehead atoms. The molecular formula is C13H17F3N2O. The van der Waals surface area contributed by atoms with E-state index < -0.39 is 24.5 Å². The second-order valence-electron chi connectivity index (χ2n) is 4.31. The summed E-state index contributed by atoms with van der Waals surface area (Å²) in [4.78, 5) is 11.6. The zero-order chi connectivity index (χ0) is 14.3. The van der Waals surface area contributed by atoms with E-state index in [4.69, 9.17) is 5.73 Å². The van der Waals surface area contributed by atoms with E-state index in [0.717, 1.165) is 5.56 Å². The van der Waals surface area contributed by atoms with Gasteiger partial charge < -0.3 is 11.1 Å². The van der Waals surface area contributed by atoms with Gasteiger partial charge in [0.25, 0.3) is 0 Å². The minimum Gasteiger partial charge on any atom is -0.355 e. The fourth-order valence-electron chi connectivity index (χ4n) is 1.59. The fourth-order valence-corrected chi connectivity index (χ4v) is 1.59. The Morgan fingerprint density at radius 1 is 1.26 bits per heavy atom. The molecule has 1 atom stereocenters. The van der Waals surface area contributed by atoms with Crippen LogP contribution >= 0.6 is 0 Å². The average molecular weight is 274 g/mol. The van der Waals surface area contributed by atoms with E-state index in [9.17, 15) is 18.0 Å². The maximum atomic E-state index is 11.9. The molecule has 0 aliphatic carbocycles. The van der Waals surface area contributed by atoms with Gasteiger partial charge in [0.05, 0.1) is 6.04 Å². The molecule has 0 unspecified atom stereocenters. The van der Waals surface area contributed by atoms with Gasteiger partial charge in [-0.2, -0.15) is 13.2 Å². The first-order valence-corrected chi connectivity index (χ1v) is 6.02. The van der Waals surface area contributed by atoms with E-state index in [1.807, 2.05) is 30.3 Å². The van der Waals surface area contributed by atoms with Crippen molar-refractivity contribution in [2.24, 2.45) is 5.73 Å². The third-order valence-electron chi connectivity index (χ3n) is 2.57. The quantitative estimate of drug-likeness (QED) is 0.780. The van der Waals surface area contributed by atoms with E-state index in [1.54, 1.807) is 0 Å². The number of halogens is 3. The lowest BCUT2D eigenvalue weighted by Crippen LogP contribution is -2.42. The van der Waals surface area contributed by atoms with Gasteiger partial charge in [0, 0.05) is 13.0 Å². The first-order chi connectivity index (χ1) is 8.88. The number of nitrogens with one attached hydrogen (secondary N) is 1. The summed E-state index contributed by atoms with van der Waals surface area (Å²) in [5.41, 5.74) is 6.60. The Morgan fingerprint density at radius 3 is 2.47 bits per heavy atom. The molecule has 6 heteroatoms. The largest absolute Gasteiger partial charge is 0.389 e. The first kappa shape index (κ1) is 15.5. The predicted octanol–water partition coefficient (Wildman–Crippen LogP) is 2.02. The molecular weight excluding hydrogens is 257 g/mol. The Hall–Kier alpha value is -1.56. The number of carbonyl (C=O) groups excluding carboxylic acids is 1. The zero-order valence-electron chi connectivity index (χ0n) is 10.4. The number of amides is 1. The molecule has 0 radical (unpaired) electrons. The summed E-state index contributed by atoms with van der Waals surface area (Å²) in [5.74, 6) is -0.425. The van der Waals surface area contributed by atoms with Crippen LogP contribution in [-0.2, 0) is 11.2 Å². The van der Waals surface area contributed by atoms with Crippen LogP contribution in [0.15, 0.2) is 30.3 Å². The van der Waals surface area contributed by atoms with Crippen molar-refractivity contribution < 1.29 is 18.0 Å². The van der Waals surface area contributed by atoms with Crippen molar-refractivity contribution in [2.45, 2.75) is 31.5 Å². The van der Waals surface area contributed by atoms with Crippen LogP contribution in [0.4, 0.5) is 13.2 Å². The minimum absolute atomic E-state index is 0.0131. The summed E-state index contributed by atoms with van der Waals surface area (Å²) in [6.45, 7) is -0.0131. The Labute approximate surface area is 110 Å². The first-order valence-electron chi connectivity index (χ1n) is 6.02. The lowest BCUT2D eigenvalue weighted by Gasteiger charge is -2.12. The number of rotatable bonds is 6. The van der Waals surface area contributed by atoms with Crippen molar-refractivity contribution >= 4 is 5.91 Å². The highest BCUT2D eigenvalue weighted by Gasteiger charge is 2.26. The van der Waals surface area contributed by atoms with Crippen molar-refractivity contribution in [3.8, 4) is 0 Å². The van der Waals surface area contributed by atoms with Crippen LogP contribution < -0.4 is 11.1 Å². The van der Waals surface area contributed by atoms with Gasteiger partial charge in [-0.3, -0.25) is 4.79 Å². The second kappa shape index (κ2) is 7.13. The van der Waals surface area contributed by atoms with Crippen LogP contribution in [0.1, 0.15) is 18.4 Å². The molecule has 0 fully saturated rings. The number of hydrogen-bond donors (Lipinski definition) is 2. The van der Waals surface area contributed by atoms with Gasteiger partial charge in [0.2, 0.25) is 5.91 Å². The van der Waals surface area contributed by atoms with Gasteiger partial charge >= 0.3 is 6.18 Å². The number of nitrogens with two attached hydrogens (primary N) is 1. The van der Waals surface area contributed by atoms with Crippen molar-refractivity contribution in [3.05, 3.63) is 35.9 Å². The molecule has 0 aliphatic rings. The third kappa shape index (κ3) is 6.81. The second-order valence-corrected chi connectivity index (χ2v) is 4.31. The van der Waals surface area contributed by atoms with Crippen molar-refractivity contribution in [1.82, 2.24) is 5.32 Å². The maximum Gasteiger partial charge on any atom is 0.389 e. The van der Waals surface area contributed by atoms with Gasteiger partial charge in [-0.1, -0.05) is 30.3 Å². The standard InChI is InChI=1S/C13H17F3N2O/c14-13(15,16)7-4-8-18-12(19)11(17)9-10-5-2-1-3-6-10/h1-3,5-6,11H,4,7-9,17H2,(H,18,19)/t11-/m1/s1. The Balaban J connectivity index is 2.26. The summed E-state index contributed by atoms with van der Waals surface area (Å²) in [5, 5.41) is 2.41. The summed E-state index contributed by atoms with van der Waals surface area (Å²) < 4.78 is 35.7. The van der Waals surface area contributed by atoms with Gasteiger partial charge in [0.1, 0.15) is 0 Å². The van der Waals surface area contributed by atoms with Gasteiger partial charge in [-0.05, 0) is 18.4 Å². The van der Waals surface area contributed by atoms with E-state index in [1.165, 1.54) is 0 Å². The smallest absolute Gasteiger partial charge is 0.355 e. The van der Waals surface area contributed by atoms with Gasteiger partial charge in [0.15, 0.2) is 0 Å². The highest BCUT2D eigenvalue weighted by molar-refractivity contribution is 5.81. The van der Waals surface area contributed by atoms with Crippen LogP contribution in [0, 0.1) is 0 Å². The topological polar surface area (TPSA) is 55.1 Å². The molecule has 3 nitrogen and oxygen atoms in total. The van der Waals surface area contributed by atoms with E-state index >= 15 is 0 Å². The fraction of sp³-hybridized carbons (Fsp3) is 0.462. The number of carbonyl (C=O) groups is 1. The van der Waals surface area contributed by atoms with Gasteiger partial charge in [-0.15, -0.1) is 0 Å². The monoisotopic (exact) mass is 274 g/mol. The number of benzene rings is 1. The SMILES string of the molecule is N[C@H](Cc1ccccc1)C(=O)NCCCC(F)(F)F. The Bertz CT molecular complexity index is 393. The molecule has 106 valence electrons. The molecule has 1 aromatic carbocycles. The maximum absolute atomic E-state index is 11.9. The van der Waals surface area contributed by atoms with Crippen molar-refractivity contribution in [1.29, 1.82) is 0 Å². The minimum atomic E-state index is -4.18. The van der Waals surface area contributed by atoms with Crippen molar-refractivity contribution in [3.63, 3.8) is 0 Å². The summed E-state index contributed by atoms with van der Waals surface area (Å²) >= 11 is 0. The highest BCUT2D eigenvalue weighted by atomic mass is 19.4. The molecule has 1 amide bonds. The number of alkyl halides is 3. The molecule has 0 aromatic heterocycles. The molecule has 1 rings (SSSR count). The highest BCUT2D eigenvalue weighted by Crippen LogP contribution is 2.20. The van der Waals surface area contributed by atoms with Crippen LogP contribution in [0.2, 0.25) is 0 Å². The van der Waals surface area contributed by atoms with Crippen LogP contribution in [0.5, 0.6) is 0 Å². The molecule has 1 aromatic rings. The van der Waals surface area contributed by atoms with E-state index in [2.05, 4.69) is 5.32 Å². The molecule has 0 saturated heterocycles. The van der Waals surface area contributed by atoms with Crippen LogP contribution in [-0.4, -0.2) is 24.7 Å². The normalized spacial score (nSPS) is 13.1. The van der Waals surface area contributed by atoms with Gasteiger partial charge in [-0.25, -0.2) is 0 Å². The number of hydrogen-bond acceptors (Lipinski definition) is 2. The lowest BCUT2D eigenvalue weighted by molar-refractivity contribution is -0.136. The third-order valence-corrected chi connectivity index (χ3v) is 2.57. The van der Waals surface area contributed by atoms with Crippen LogP contribution in [0.25, 0.3) is 0 Å². The molecule has 0 heterocycles.